The Hall–Kier alpha value is -2.62. The number of hydrogen-bond donors (Lipinski definition) is 1. The van der Waals surface area contributed by atoms with Crippen LogP contribution in [0.1, 0.15) is 15.9 Å². The molecule has 4 nitrogen and oxygen atoms in total. The average Bonchev–Trinajstić information content (AvgIpc) is 2.46. The van der Waals surface area contributed by atoms with Gasteiger partial charge in [0, 0.05) is 5.69 Å². The summed E-state index contributed by atoms with van der Waals surface area (Å²) in [6, 6.07) is 13.9. The average molecular weight is 269 g/mol. The number of nitrogens with one attached hydrogen (secondary N) is 1. The van der Waals surface area contributed by atoms with Crippen LogP contribution < -0.4 is 10.1 Å². The van der Waals surface area contributed by atoms with Gasteiger partial charge < -0.3 is 10.1 Å². The maximum Gasteiger partial charge on any atom is 0.296 e. The first-order valence-corrected chi connectivity index (χ1v) is 6.17. The van der Waals surface area contributed by atoms with Crippen molar-refractivity contribution in [2.45, 2.75) is 6.92 Å². The van der Waals surface area contributed by atoms with Crippen LogP contribution in [0.25, 0.3) is 0 Å². The SMILES string of the molecule is COc1ccccc1C(=O)C(=O)Nc1cccc(C)c1. The van der Waals surface area contributed by atoms with E-state index >= 15 is 0 Å². The van der Waals surface area contributed by atoms with E-state index < -0.39 is 11.7 Å². The van der Waals surface area contributed by atoms with Crippen LogP contribution in [0.2, 0.25) is 0 Å². The molecule has 2 aromatic rings. The normalized spacial score (nSPS) is 9.90. The molecule has 0 fully saturated rings. The quantitative estimate of drug-likeness (QED) is 0.686. The number of amides is 1. The lowest BCUT2D eigenvalue weighted by Crippen LogP contribution is -2.23. The van der Waals surface area contributed by atoms with Crippen LogP contribution in [0.4, 0.5) is 5.69 Å². The molecule has 0 saturated carbocycles. The Balaban J connectivity index is 2.19. The summed E-state index contributed by atoms with van der Waals surface area (Å²) in [5, 5.41) is 2.59. The maximum atomic E-state index is 12.1. The minimum Gasteiger partial charge on any atom is -0.496 e. The smallest absolute Gasteiger partial charge is 0.296 e. The minimum atomic E-state index is -0.680. The van der Waals surface area contributed by atoms with Crippen LogP contribution in [0, 0.1) is 6.92 Å². The van der Waals surface area contributed by atoms with Crippen molar-refractivity contribution in [1.82, 2.24) is 0 Å². The lowest BCUT2D eigenvalue weighted by atomic mass is 10.1. The van der Waals surface area contributed by atoms with E-state index in [1.807, 2.05) is 19.1 Å². The highest BCUT2D eigenvalue weighted by molar-refractivity contribution is 6.47. The van der Waals surface area contributed by atoms with Gasteiger partial charge in [0.25, 0.3) is 11.7 Å². The molecule has 0 atom stereocenters. The molecule has 0 unspecified atom stereocenters. The van der Waals surface area contributed by atoms with E-state index in [2.05, 4.69) is 5.32 Å². The van der Waals surface area contributed by atoms with Crippen molar-refractivity contribution < 1.29 is 14.3 Å². The largest absolute Gasteiger partial charge is 0.496 e. The highest BCUT2D eigenvalue weighted by atomic mass is 16.5. The molecule has 2 aromatic carbocycles. The summed E-state index contributed by atoms with van der Waals surface area (Å²) < 4.78 is 5.09. The molecule has 0 aliphatic rings. The molecule has 4 heteroatoms. The van der Waals surface area contributed by atoms with Crippen molar-refractivity contribution in [3.8, 4) is 5.75 Å². The molecular formula is C16H15NO3. The summed E-state index contributed by atoms with van der Waals surface area (Å²) in [4.78, 5) is 24.1. The summed E-state index contributed by atoms with van der Waals surface area (Å²) in [5.41, 5.74) is 1.85. The molecule has 1 amide bonds. The van der Waals surface area contributed by atoms with Crippen molar-refractivity contribution in [3.63, 3.8) is 0 Å². The van der Waals surface area contributed by atoms with Gasteiger partial charge in [0.2, 0.25) is 0 Å². The fourth-order valence-electron chi connectivity index (χ4n) is 1.87. The number of rotatable bonds is 4. The number of carbonyl (C=O) groups is 2. The van der Waals surface area contributed by atoms with Gasteiger partial charge in [-0.05, 0) is 36.8 Å². The van der Waals surface area contributed by atoms with Crippen molar-refractivity contribution in [2.24, 2.45) is 0 Å². The lowest BCUT2D eigenvalue weighted by Gasteiger charge is -2.08. The Bertz CT molecular complexity index is 650. The van der Waals surface area contributed by atoms with E-state index in [9.17, 15) is 9.59 Å². The molecule has 2 rings (SSSR count). The minimum absolute atomic E-state index is 0.250. The number of ether oxygens (including phenoxy) is 1. The second-order valence-corrected chi connectivity index (χ2v) is 4.35. The number of hydrogen-bond acceptors (Lipinski definition) is 3. The number of methoxy groups -OCH3 is 1. The molecule has 0 heterocycles. The first-order chi connectivity index (χ1) is 9.61. The number of carbonyl (C=O) groups excluding carboxylic acids is 2. The van der Waals surface area contributed by atoms with Gasteiger partial charge in [0.15, 0.2) is 0 Å². The number of anilines is 1. The van der Waals surface area contributed by atoms with E-state index in [1.165, 1.54) is 7.11 Å². The van der Waals surface area contributed by atoms with Crippen LogP contribution in [0.5, 0.6) is 5.75 Å². The zero-order valence-electron chi connectivity index (χ0n) is 11.3. The fourth-order valence-corrected chi connectivity index (χ4v) is 1.87. The van der Waals surface area contributed by atoms with Crippen LogP contribution in [0.15, 0.2) is 48.5 Å². The van der Waals surface area contributed by atoms with Crippen molar-refractivity contribution >= 4 is 17.4 Å². The number of aryl methyl sites for hydroxylation is 1. The Kier molecular flexibility index (Phi) is 4.15. The van der Waals surface area contributed by atoms with E-state index in [0.717, 1.165) is 5.56 Å². The third-order valence-electron chi connectivity index (χ3n) is 2.83. The monoisotopic (exact) mass is 269 g/mol. The van der Waals surface area contributed by atoms with Gasteiger partial charge in [0.05, 0.1) is 12.7 Å². The summed E-state index contributed by atoms with van der Waals surface area (Å²) in [5.74, 6) is -0.916. The van der Waals surface area contributed by atoms with E-state index in [4.69, 9.17) is 4.74 Å². The van der Waals surface area contributed by atoms with Crippen LogP contribution >= 0.6 is 0 Å². The molecule has 0 saturated heterocycles. The van der Waals surface area contributed by atoms with Crippen molar-refractivity contribution in [3.05, 3.63) is 59.7 Å². The number of para-hydroxylation sites is 1. The maximum absolute atomic E-state index is 12.1. The van der Waals surface area contributed by atoms with E-state index in [1.54, 1.807) is 36.4 Å². The Labute approximate surface area is 117 Å². The molecule has 0 spiro atoms. The Morgan fingerprint density at radius 3 is 2.50 bits per heavy atom. The predicted octanol–water partition coefficient (Wildman–Crippen LogP) is 2.83. The Morgan fingerprint density at radius 2 is 1.80 bits per heavy atom. The first kappa shape index (κ1) is 13.8. The van der Waals surface area contributed by atoms with Gasteiger partial charge in [-0.1, -0.05) is 24.3 Å². The number of ketones is 1. The predicted molar refractivity (Wildman–Crippen MR) is 77.1 cm³/mol. The second-order valence-electron chi connectivity index (χ2n) is 4.35. The van der Waals surface area contributed by atoms with Gasteiger partial charge >= 0.3 is 0 Å². The number of benzene rings is 2. The fraction of sp³-hybridized carbons (Fsp3) is 0.125. The van der Waals surface area contributed by atoms with Crippen LogP contribution in [-0.2, 0) is 4.79 Å². The zero-order valence-corrected chi connectivity index (χ0v) is 11.3. The van der Waals surface area contributed by atoms with Gasteiger partial charge in [-0.25, -0.2) is 0 Å². The van der Waals surface area contributed by atoms with Crippen LogP contribution in [0.3, 0.4) is 0 Å². The second kappa shape index (κ2) is 6.02. The molecular weight excluding hydrogens is 254 g/mol. The van der Waals surface area contributed by atoms with Gasteiger partial charge in [-0.3, -0.25) is 9.59 Å². The molecule has 102 valence electrons. The molecule has 0 bridgehead atoms. The van der Waals surface area contributed by atoms with Gasteiger partial charge in [0.1, 0.15) is 5.75 Å². The Morgan fingerprint density at radius 1 is 1.05 bits per heavy atom. The third kappa shape index (κ3) is 3.03. The molecule has 0 aliphatic carbocycles. The molecule has 0 radical (unpaired) electrons. The summed E-state index contributed by atoms with van der Waals surface area (Å²) >= 11 is 0. The van der Waals surface area contributed by atoms with Crippen molar-refractivity contribution in [2.75, 3.05) is 12.4 Å². The molecule has 1 N–H and O–H groups in total. The van der Waals surface area contributed by atoms with E-state index in [0.29, 0.717) is 11.4 Å². The molecule has 0 aliphatic heterocycles. The zero-order chi connectivity index (χ0) is 14.5. The van der Waals surface area contributed by atoms with Crippen LogP contribution in [-0.4, -0.2) is 18.8 Å². The van der Waals surface area contributed by atoms with Gasteiger partial charge in [-0.2, -0.15) is 0 Å². The first-order valence-electron chi connectivity index (χ1n) is 6.17. The highest BCUT2D eigenvalue weighted by Crippen LogP contribution is 2.18. The topological polar surface area (TPSA) is 55.4 Å². The molecule has 20 heavy (non-hydrogen) atoms. The third-order valence-corrected chi connectivity index (χ3v) is 2.83. The molecule has 0 aromatic heterocycles. The lowest BCUT2D eigenvalue weighted by molar-refractivity contribution is -0.112. The standard InChI is InChI=1S/C16H15NO3/c1-11-6-5-7-12(10-11)17-16(19)15(18)13-8-3-4-9-14(13)20-2/h3-10H,1-2H3,(H,17,19). The van der Waals surface area contributed by atoms with E-state index in [-0.39, 0.29) is 5.56 Å². The number of Topliss-reactive ketones (excluding diaryl/α,β-unsaturated/α-hetero) is 1. The summed E-state index contributed by atoms with van der Waals surface area (Å²) in [7, 11) is 1.46. The summed E-state index contributed by atoms with van der Waals surface area (Å²) in [6.45, 7) is 1.91. The van der Waals surface area contributed by atoms with Crippen molar-refractivity contribution in [1.29, 1.82) is 0 Å². The summed E-state index contributed by atoms with van der Waals surface area (Å²) in [6.07, 6.45) is 0. The highest BCUT2D eigenvalue weighted by Gasteiger charge is 2.19. The van der Waals surface area contributed by atoms with Gasteiger partial charge in [-0.15, -0.1) is 0 Å².